The molecule has 0 aromatic carbocycles. The Hall–Kier alpha value is -2.21. The first kappa shape index (κ1) is 22.0. The number of aromatic nitrogens is 2. The predicted octanol–water partition coefficient (Wildman–Crippen LogP) is 2.87. The molecule has 4 rings (SSSR count). The molecule has 0 spiro atoms. The van der Waals surface area contributed by atoms with Crippen molar-refractivity contribution in [3.8, 4) is 0 Å². The van der Waals surface area contributed by atoms with Crippen molar-refractivity contribution in [3.63, 3.8) is 0 Å². The van der Waals surface area contributed by atoms with Gasteiger partial charge in [-0.3, -0.25) is 19.0 Å². The highest BCUT2D eigenvalue weighted by molar-refractivity contribution is 7.99. The van der Waals surface area contributed by atoms with Crippen molar-refractivity contribution in [1.82, 2.24) is 9.55 Å². The molecular formula is C20H22N4O4S3. The van der Waals surface area contributed by atoms with E-state index in [1.54, 1.807) is 34.5 Å². The van der Waals surface area contributed by atoms with E-state index in [-0.39, 0.29) is 22.8 Å². The summed E-state index contributed by atoms with van der Waals surface area (Å²) in [5, 5.41) is 6.04. The number of amides is 2. The van der Waals surface area contributed by atoms with Gasteiger partial charge < -0.3 is 15.8 Å². The van der Waals surface area contributed by atoms with Crippen LogP contribution in [-0.2, 0) is 28.9 Å². The summed E-state index contributed by atoms with van der Waals surface area (Å²) in [6, 6.07) is 1.58. The van der Waals surface area contributed by atoms with Crippen molar-refractivity contribution < 1.29 is 14.3 Å². The van der Waals surface area contributed by atoms with Crippen LogP contribution in [0.1, 0.15) is 33.6 Å². The largest absolute Gasteiger partial charge is 0.383 e. The quantitative estimate of drug-likeness (QED) is 0.380. The van der Waals surface area contributed by atoms with Gasteiger partial charge in [-0.15, -0.1) is 22.7 Å². The topological polar surface area (TPSA) is 116 Å². The van der Waals surface area contributed by atoms with Crippen molar-refractivity contribution in [2.75, 3.05) is 24.8 Å². The standard InChI is InChI=1S/C20H22N4O4S3/c1-28-8-7-24-19(27)15-11-4-2-3-5-13(11)31-18(15)23-20(24)30-10-14(25)22-17-12(16(21)26)6-9-29-17/h6,9H,2-5,7-8,10H2,1H3,(H2,21,26)(H,22,25). The SMILES string of the molecule is COCCn1c(SCC(=O)Nc2sccc2C(N)=O)nc2sc3c(c2c1=O)CCCC3. The average Bonchev–Trinajstić information content (AvgIpc) is 3.36. The molecule has 31 heavy (non-hydrogen) atoms. The zero-order valence-electron chi connectivity index (χ0n) is 16.9. The second-order valence-corrected chi connectivity index (χ2v) is 10.0. The lowest BCUT2D eigenvalue weighted by atomic mass is 9.97. The summed E-state index contributed by atoms with van der Waals surface area (Å²) in [6.07, 6.45) is 4.12. The van der Waals surface area contributed by atoms with Crippen LogP contribution >= 0.6 is 34.4 Å². The maximum Gasteiger partial charge on any atom is 0.263 e. The number of nitrogens with one attached hydrogen (secondary N) is 1. The summed E-state index contributed by atoms with van der Waals surface area (Å²) in [5.41, 5.74) is 6.68. The van der Waals surface area contributed by atoms with E-state index in [2.05, 4.69) is 5.32 Å². The first-order chi connectivity index (χ1) is 15.0. The Morgan fingerprint density at radius 3 is 2.94 bits per heavy atom. The molecule has 0 fully saturated rings. The Balaban J connectivity index is 1.60. The van der Waals surface area contributed by atoms with Crippen LogP contribution < -0.4 is 16.6 Å². The fraction of sp³-hybridized carbons (Fsp3) is 0.400. The molecule has 1 aliphatic rings. The Kier molecular flexibility index (Phi) is 6.75. The smallest absolute Gasteiger partial charge is 0.263 e. The van der Waals surface area contributed by atoms with E-state index in [0.29, 0.717) is 28.7 Å². The Labute approximate surface area is 190 Å². The molecule has 1 aliphatic carbocycles. The van der Waals surface area contributed by atoms with Gasteiger partial charge in [0.1, 0.15) is 9.83 Å². The summed E-state index contributed by atoms with van der Waals surface area (Å²) in [6.45, 7) is 0.736. The molecule has 164 valence electrons. The van der Waals surface area contributed by atoms with E-state index < -0.39 is 5.91 Å². The lowest BCUT2D eigenvalue weighted by Gasteiger charge is -2.13. The average molecular weight is 479 g/mol. The van der Waals surface area contributed by atoms with Crippen LogP contribution in [-0.4, -0.2) is 40.8 Å². The third kappa shape index (κ3) is 4.54. The van der Waals surface area contributed by atoms with Gasteiger partial charge >= 0.3 is 0 Å². The zero-order valence-corrected chi connectivity index (χ0v) is 19.4. The van der Waals surface area contributed by atoms with Crippen LogP contribution in [0.3, 0.4) is 0 Å². The van der Waals surface area contributed by atoms with E-state index in [0.717, 1.165) is 36.1 Å². The molecule has 0 saturated carbocycles. The number of hydrogen-bond donors (Lipinski definition) is 2. The van der Waals surface area contributed by atoms with E-state index >= 15 is 0 Å². The number of primary amides is 1. The van der Waals surface area contributed by atoms with Gasteiger partial charge in [0.15, 0.2) is 5.16 Å². The number of hydrogen-bond acceptors (Lipinski definition) is 8. The maximum absolute atomic E-state index is 13.3. The molecular weight excluding hydrogens is 456 g/mol. The summed E-state index contributed by atoms with van der Waals surface area (Å²) in [4.78, 5) is 44.0. The number of carbonyl (C=O) groups excluding carboxylic acids is 2. The molecule has 0 saturated heterocycles. The number of thiophene rings is 2. The van der Waals surface area contributed by atoms with Gasteiger partial charge in [0.05, 0.1) is 29.9 Å². The summed E-state index contributed by atoms with van der Waals surface area (Å²) in [7, 11) is 1.58. The monoisotopic (exact) mass is 478 g/mol. The first-order valence-electron chi connectivity index (χ1n) is 9.83. The molecule has 3 N–H and O–H groups in total. The minimum atomic E-state index is -0.591. The number of ether oxygens (including phenoxy) is 1. The first-order valence-corrected chi connectivity index (χ1v) is 12.5. The molecule has 0 radical (unpaired) electrons. The Morgan fingerprint density at radius 2 is 2.16 bits per heavy atom. The van der Waals surface area contributed by atoms with Crippen LogP contribution in [0.25, 0.3) is 10.2 Å². The highest BCUT2D eigenvalue weighted by Crippen LogP contribution is 2.34. The van der Waals surface area contributed by atoms with Crippen molar-refractivity contribution in [2.45, 2.75) is 37.4 Å². The second-order valence-electron chi connectivity index (χ2n) is 7.10. The zero-order chi connectivity index (χ0) is 22.0. The van der Waals surface area contributed by atoms with Crippen molar-refractivity contribution in [3.05, 3.63) is 37.8 Å². The van der Waals surface area contributed by atoms with Gasteiger partial charge in [-0.25, -0.2) is 4.98 Å². The molecule has 2 amide bonds. The minimum absolute atomic E-state index is 0.0477. The molecule has 0 unspecified atom stereocenters. The van der Waals surface area contributed by atoms with Crippen LogP contribution in [0, 0.1) is 0 Å². The van der Waals surface area contributed by atoms with E-state index in [1.807, 2.05) is 0 Å². The summed E-state index contributed by atoms with van der Waals surface area (Å²) < 4.78 is 6.78. The highest BCUT2D eigenvalue weighted by Gasteiger charge is 2.22. The van der Waals surface area contributed by atoms with Crippen LogP contribution in [0.2, 0.25) is 0 Å². The molecule has 3 heterocycles. The lowest BCUT2D eigenvalue weighted by molar-refractivity contribution is -0.113. The molecule has 0 aliphatic heterocycles. The van der Waals surface area contributed by atoms with Gasteiger partial charge in [-0.1, -0.05) is 11.8 Å². The molecule has 3 aromatic heterocycles. The summed E-state index contributed by atoms with van der Waals surface area (Å²) in [5.74, 6) is -0.842. The minimum Gasteiger partial charge on any atom is -0.383 e. The number of nitrogens with two attached hydrogens (primary N) is 1. The number of thioether (sulfide) groups is 1. The summed E-state index contributed by atoms with van der Waals surface area (Å²) >= 11 is 4.01. The van der Waals surface area contributed by atoms with Gasteiger partial charge in [0.2, 0.25) is 5.91 Å². The number of rotatable bonds is 8. The Morgan fingerprint density at radius 1 is 1.35 bits per heavy atom. The van der Waals surface area contributed by atoms with Crippen LogP contribution in [0.4, 0.5) is 5.00 Å². The number of methoxy groups -OCH3 is 1. The van der Waals surface area contributed by atoms with Crippen molar-refractivity contribution in [2.24, 2.45) is 5.73 Å². The third-order valence-electron chi connectivity index (χ3n) is 5.07. The van der Waals surface area contributed by atoms with E-state index in [9.17, 15) is 14.4 Å². The fourth-order valence-electron chi connectivity index (χ4n) is 3.60. The number of fused-ring (bicyclic) bond motifs is 3. The number of aryl methyl sites for hydroxylation is 2. The molecule has 8 nitrogen and oxygen atoms in total. The number of anilines is 1. The highest BCUT2D eigenvalue weighted by atomic mass is 32.2. The van der Waals surface area contributed by atoms with E-state index in [1.165, 1.54) is 28.0 Å². The molecule has 0 atom stereocenters. The number of carbonyl (C=O) groups is 2. The van der Waals surface area contributed by atoms with Gasteiger partial charge in [-0.05, 0) is 42.7 Å². The van der Waals surface area contributed by atoms with Crippen LogP contribution in [0.15, 0.2) is 21.4 Å². The van der Waals surface area contributed by atoms with E-state index in [4.69, 9.17) is 15.5 Å². The fourth-order valence-corrected chi connectivity index (χ4v) is 6.54. The Bertz CT molecular complexity index is 1200. The van der Waals surface area contributed by atoms with Gasteiger partial charge in [0.25, 0.3) is 11.5 Å². The van der Waals surface area contributed by atoms with Crippen molar-refractivity contribution >= 4 is 61.5 Å². The molecule has 11 heteroatoms. The van der Waals surface area contributed by atoms with Gasteiger partial charge in [-0.2, -0.15) is 0 Å². The predicted molar refractivity (Wildman–Crippen MR) is 125 cm³/mol. The second kappa shape index (κ2) is 9.51. The normalized spacial score (nSPS) is 13.3. The van der Waals surface area contributed by atoms with Crippen molar-refractivity contribution in [1.29, 1.82) is 0 Å². The lowest BCUT2D eigenvalue weighted by Crippen LogP contribution is -2.26. The third-order valence-corrected chi connectivity index (χ3v) is 8.07. The maximum atomic E-state index is 13.3. The van der Waals surface area contributed by atoms with Crippen LogP contribution in [0.5, 0.6) is 0 Å². The molecule has 3 aromatic rings. The molecule has 0 bridgehead atoms. The van der Waals surface area contributed by atoms with Gasteiger partial charge in [0, 0.05) is 12.0 Å². The number of nitrogens with zero attached hydrogens (tertiary/aromatic N) is 2.